The first kappa shape index (κ1) is 36.3. The van der Waals surface area contributed by atoms with Gasteiger partial charge in [0.2, 0.25) is 0 Å². The van der Waals surface area contributed by atoms with Crippen LogP contribution >= 0.6 is 0 Å². The minimum absolute atomic E-state index is 0.0885. The van der Waals surface area contributed by atoms with Crippen LogP contribution in [0.4, 0.5) is 0 Å². The van der Waals surface area contributed by atoms with Gasteiger partial charge in [-0.05, 0) is 70.8 Å². The second-order valence-corrected chi connectivity index (χ2v) is 11.8. The average molecular weight is 573 g/mol. The lowest BCUT2D eigenvalue weighted by molar-refractivity contribution is -0.151. The Bertz CT molecular complexity index is 1030. The third kappa shape index (κ3) is 14.6. The average Bonchev–Trinajstić information content (AvgIpc) is 2.85. The second kappa shape index (κ2) is 18.6. The maximum Gasteiger partial charge on any atom is 0.331 e. The molecule has 1 rings (SSSR count). The van der Waals surface area contributed by atoms with Gasteiger partial charge in [0, 0.05) is 24.8 Å². The second-order valence-electron chi connectivity index (χ2n) is 11.8. The minimum Gasteiger partial charge on any atom is -0.478 e. The van der Waals surface area contributed by atoms with Crippen LogP contribution in [0.3, 0.4) is 0 Å². The maximum absolute atomic E-state index is 12.4. The van der Waals surface area contributed by atoms with Crippen LogP contribution in [0.2, 0.25) is 0 Å². The van der Waals surface area contributed by atoms with Crippen molar-refractivity contribution < 1.29 is 34.8 Å². The number of carboxylic acids is 1. The Morgan fingerprint density at radius 3 is 2.29 bits per heavy atom. The van der Waals surface area contributed by atoms with Crippen molar-refractivity contribution >= 4 is 11.9 Å². The fourth-order valence-corrected chi connectivity index (χ4v) is 4.90. The fraction of sp³-hybridized carbons (Fsp3) is 0.588. The Hall–Kier alpha value is -2.74. The van der Waals surface area contributed by atoms with Gasteiger partial charge in [-0.2, -0.15) is 0 Å². The monoisotopic (exact) mass is 572 g/mol. The number of carbonyl (C=O) groups excluding carboxylic acids is 1. The van der Waals surface area contributed by atoms with Gasteiger partial charge in [0.15, 0.2) is 0 Å². The normalized spacial score (nSPS) is 25.0. The lowest BCUT2D eigenvalue weighted by atomic mass is 9.80. The molecule has 0 spiro atoms. The number of hydrogen-bond acceptors (Lipinski definition) is 6. The molecule has 1 aliphatic heterocycles. The predicted octanol–water partition coefficient (Wildman–Crippen LogP) is 6.23. The highest BCUT2D eigenvalue weighted by Crippen LogP contribution is 2.31. The molecule has 4 N–H and O–H groups in total. The van der Waals surface area contributed by atoms with Crippen LogP contribution in [0, 0.1) is 17.8 Å². The van der Waals surface area contributed by atoms with Crippen LogP contribution in [0.5, 0.6) is 0 Å². The standard InChI is InChI=1S/C34H52O7/c1-22(2)32-16-9-8-14-26(6)28(15-11-17-33(38)41-32)29(34(39)40)19-25(5)18-23(3)12-10-13-24(4)20-30(36)31(37)21-27(7)35/h8-10,12-13,18-20,22,26-28,30-32,35-37H,11,14-17,21H2,1-7H3,(H,39,40)/t26-,27+,28-,30+,31+,32+/m0/s1. The number of cyclic esters (lactones) is 1. The summed E-state index contributed by atoms with van der Waals surface area (Å²) in [7, 11) is 0. The quantitative estimate of drug-likeness (QED) is 0.100. The number of esters is 1. The summed E-state index contributed by atoms with van der Waals surface area (Å²) in [5.74, 6) is -1.06. The zero-order chi connectivity index (χ0) is 31.1. The van der Waals surface area contributed by atoms with Gasteiger partial charge in [0.25, 0.3) is 0 Å². The molecule has 41 heavy (non-hydrogen) atoms. The van der Waals surface area contributed by atoms with E-state index in [1.165, 1.54) is 6.08 Å². The highest BCUT2D eigenvalue weighted by molar-refractivity contribution is 5.88. The Morgan fingerprint density at radius 1 is 1.02 bits per heavy atom. The van der Waals surface area contributed by atoms with Crippen LogP contribution in [-0.4, -0.2) is 56.8 Å². The number of rotatable bonds is 11. The van der Waals surface area contributed by atoms with Crippen molar-refractivity contribution in [2.45, 2.75) is 111 Å². The van der Waals surface area contributed by atoms with Crippen molar-refractivity contribution in [3.8, 4) is 0 Å². The van der Waals surface area contributed by atoms with Gasteiger partial charge in [0.1, 0.15) is 6.10 Å². The first-order chi connectivity index (χ1) is 19.2. The summed E-state index contributed by atoms with van der Waals surface area (Å²) >= 11 is 0. The summed E-state index contributed by atoms with van der Waals surface area (Å²) in [6.07, 6.45) is 14.8. The molecule has 230 valence electrons. The third-order valence-electron chi connectivity index (χ3n) is 7.27. The number of carbonyl (C=O) groups is 2. The first-order valence-corrected chi connectivity index (χ1v) is 14.8. The zero-order valence-electron chi connectivity index (χ0n) is 25.9. The maximum atomic E-state index is 12.4. The smallest absolute Gasteiger partial charge is 0.331 e. The highest BCUT2D eigenvalue weighted by Gasteiger charge is 2.27. The van der Waals surface area contributed by atoms with Crippen molar-refractivity contribution in [2.24, 2.45) is 17.8 Å². The van der Waals surface area contributed by atoms with E-state index in [9.17, 15) is 30.0 Å². The van der Waals surface area contributed by atoms with E-state index >= 15 is 0 Å². The van der Waals surface area contributed by atoms with Gasteiger partial charge in [-0.1, -0.05) is 80.0 Å². The molecule has 7 nitrogen and oxygen atoms in total. The van der Waals surface area contributed by atoms with Crippen molar-refractivity contribution in [1.82, 2.24) is 0 Å². The SMILES string of the molecule is CC(=CC=CC(C)=C[C@@H](O)[C@H](O)C[C@@H](C)O)C=C(C)C=C(C(=O)O)[C@H]1CCCC(=O)O[C@@H](C(C)C)CC=CC[C@@H]1C. The van der Waals surface area contributed by atoms with E-state index in [1.807, 2.05) is 58.9 Å². The molecule has 0 aromatic rings. The number of hydrogen-bond donors (Lipinski definition) is 4. The van der Waals surface area contributed by atoms with Crippen LogP contribution in [0.15, 0.2) is 70.9 Å². The lowest BCUT2D eigenvalue weighted by Crippen LogP contribution is -2.27. The van der Waals surface area contributed by atoms with Crippen molar-refractivity contribution in [3.63, 3.8) is 0 Å². The van der Waals surface area contributed by atoms with E-state index in [4.69, 9.17) is 4.74 Å². The van der Waals surface area contributed by atoms with Crippen molar-refractivity contribution in [1.29, 1.82) is 0 Å². The number of aliphatic hydroxyl groups excluding tert-OH is 3. The molecule has 0 amide bonds. The third-order valence-corrected chi connectivity index (χ3v) is 7.27. The van der Waals surface area contributed by atoms with E-state index < -0.39 is 24.3 Å². The summed E-state index contributed by atoms with van der Waals surface area (Å²) in [4.78, 5) is 24.8. The Balaban J connectivity index is 3.07. The Labute approximate surface area is 246 Å². The van der Waals surface area contributed by atoms with Crippen LogP contribution in [-0.2, 0) is 14.3 Å². The number of carboxylic acid groups (broad SMARTS) is 1. The molecule has 0 fully saturated rings. The summed E-state index contributed by atoms with van der Waals surface area (Å²) in [5, 5.41) is 39.5. The number of ether oxygens (including phenoxy) is 1. The van der Waals surface area contributed by atoms with E-state index in [2.05, 4.69) is 13.0 Å². The number of aliphatic carboxylic acids is 1. The molecule has 7 heteroatoms. The molecule has 0 bridgehead atoms. The molecule has 0 saturated heterocycles. The van der Waals surface area contributed by atoms with Gasteiger partial charge in [0.05, 0.1) is 18.3 Å². The van der Waals surface area contributed by atoms with Gasteiger partial charge in [-0.25, -0.2) is 4.79 Å². The zero-order valence-corrected chi connectivity index (χ0v) is 25.9. The molecule has 0 unspecified atom stereocenters. The highest BCUT2D eigenvalue weighted by atomic mass is 16.5. The van der Waals surface area contributed by atoms with E-state index in [0.717, 1.165) is 23.1 Å². The van der Waals surface area contributed by atoms with Crippen LogP contribution < -0.4 is 0 Å². The molecule has 0 radical (unpaired) electrons. The molecule has 1 aliphatic rings. The van der Waals surface area contributed by atoms with Gasteiger partial charge in [-0.15, -0.1) is 0 Å². The summed E-state index contributed by atoms with van der Waals surface area (Å²) in [6.45, 7) is 13.3. The van der Waals surface area contributed by atoms with Crippen molar-refractivity contribution in [2.75, 3.05) is 0 Å². The fourth-order valence-electron chi connectivity index (χ4n) is 4.90. The number of aliphatic hydroxyl groups is 3. The largest absolute Gasteiger partial charge is 0.478 e. The molecule has 1 heterocycles. The first-order valence-electron chi connectivity index (χ1n) is 14.8. The van der Waals surface area contributed by atoms with Crippen LogP contribution in [0.1, 0.15) is 87.0 Å². The molecule has 0 aromatic heterocycles. The minimum atomic E-state index is -1.07. The molecular weight excluding hydrogens is 520 g/mol. The molecule has 0 aromatic carbocycles. The van der Waals surface area contributed by atoms with E-state index in [0.29, 0.717) is 24.8 Å². The molecular formula is C34H52O7. The summed E-state index contributed by atoms with van der Waals surface area (Å²) in [6, 6.07) is 0. The summed E-state index contributed by atoms with van der Waals surface area (Å²) in [5.41, 5.74) is 2.83. The van der Waals surface area contributed by atoms with Gasteiger partial charge < -0.3 is 25.2 Å². The predicted molar refractivity (Wildman–Crippen MR) is 164 cm³/mol. The molecule has 6 atom stereocenters. The number of allylic oxidation sites excluding steroid dienone is 9. The van der Waals surface area contributed by atoms with E-state index in [1.54, 1.807) is 19.1 Å². The molecule has 0 saturated carbocycles. The van der Waals surface area contributed by atoms with Gasteiger partial charge >= 0.3 is 11.9 Å². The van der Waals surface area contributed by atoms with Crippen molar-refractivity contribution in [3.05, 3.63) is 70.9 Å². The topological polar surface area (TPSA) is 124 Å². The Morgan fingerprint density at radius 2 is 1.68 bits per heavy atom. The molecule has 0 aliphatic carbocycles. The van der Waals surface area contributed by atoms with E-state index in [-0.39, 0.29) is 42.7 Å². The van der Waals surface area contributed by atoms with Crippen LogP contribution in [0.25, 0.3) is 0 Å². The lowest BCUT2D eigenvalue weighted by Gasteiger charge is -2.26. The Kier molecular flexibility index (Phi) is 16.5. The summed E-state index contributed by atoms with van der Waals surface area (Å²) < 4.78 is 5.67. The van der Waals surface area contributed by atoms with Gasteiger partial charge in [-0.3, -0.25) is 4.79 Å².